The fourth-order valence-corrected chi connectivity index (χ4v) is 3.50. The van der Waals surface area contributed by atoms with Crippen molar-refractivity contribution in [1.82, 2.24) is 25.3 Å². The molecule has 180 valence electrons. The maximum atomic E-state index is 12.2. The minimum Gasteiger partial charge on any atom is -0.357 e. The number of benzene rings is 1. The highest BCUT2D eigenvalue weighted by Gasteiger charge is 2.22. The van der Waals surface area contributed by atoms with Crippen molar-refractivity contribution in [3.05, 3.63) is 35.4 Å². The summed E-state index contributed by atoms with van der Waals surface area (Å²) in [5.74, 6) is 0.988. The standard InChI is InChI=1S/C23H38N6O2.HI/c1-6-24-23(26-20-11-14-29(15-12-20)17-21(30)27(2)3)25-13-10-18-8-7-9-19(16-18)22(31)28(4)5;/h7-9,16,20H,6,10-15,17H2,1-5H3,(H2,24,25,26);1H. The van der Waals surface area contributed by atoms with Crippen molar-refractivity contribution in [1.29, 1.82) is 0 Å². The second kappa shape index (κ2) is 14.3. The Labute approximate surface area is 209 Å². The number of likely N-dealkylation sites (tertiary alicyclic amines) is 1. The average molecular weight is 559 g/mol. The number of halogens is 1. The number of amides is 2. The lowest BCUT2D eigenvalue weighted by atomic mass is 10.1. The molecular formula is C23H39IN6O2. The van der Waals surface area contributed by atoms with E-state index in [0.717, 1.165) is 50.4 Å². The molecule has 1 aromatic carbocycles. The van der Waals surface area contributed by atoms with Crippen molar-refractivity contribution in [2.24, 2.45) is 4.99 Å². The number of piperidine rings is 1. The van der Waals surface area contributed by atoms with E-state index in [1.165, 1.54) is 0 Å². The summed E-state index contributed by atoms with van der Waals surface area (Å²) in [5, 5.41) is 6.86. The van der Waals surface area contributed by atoms with Crippen molar-refractivity contribution < 1.29 is 9.59 Å². The van der Waals surface area contributed by atoms with Crippen LogP contribution in [0, 0.1) is 0 Å². The van der Waals surface area contributed by atoms with Crippen LogP contribution in [-0.4, -0.2) is 99.4 Å². The van der Waals surface area contributed by atoms with E-state index < -0.39 is 0 Å². The minimum atomic E-state index is 0. The normalized spacial score (nSPS) is 15.0. The minimum absolute atomic E-state index is 0. The van der Waals surface area contributed by atoms with Gasteiger partial charge in [-0.25, -0.2) is 0 Å². The summed E-state index contributed by atoms with van der Waals surface area (Å²) in [7, 11) is 7.12. The summed E-state index contributed by atoms with van der Waals surface area (Å²) in [4.78, 5) is 34.2. The van der Waals surface area contributed by atoms with E-state index in [9.17, 15) is 9.59 Å². The van der Waals surface area contributed by atoms with E-state index >= 15 is 0 Å². The Kier molecular flexibility index (Phi) is 12.6. The van der Waals surface area contributed by atoms with Crippen LogP contribution in [0.15, 0.2) is 29.3 Å². The third-order valence-electron chi connectivity index (χ3n) is 5.38. The van der Waals surface area contributed by atoms with Gasteiger partial charge in [-0.3, -0.25) is 19.5 Å². The summed E-state index contributed by atoms with van der Waals surface area (Å²) >= 11 is 0. The quantitative estimate of drug-likeness (QED) is 0.288. The van der Waals surface area contributed by atoms with Crippen molar-refractivity contribution in [3.8, 4) is 0 Å². The summed E-state index contributed by atoms with van der Waals surface area (Å²) in [5.41, 5.74) is 1.81. The van der Waals surface area contributed by atoms with E-state index in [2.05, 4.69) is 22.5 Å². The lowest BCUT2D eigenvalue weighted by molar-refractivity contribution is -0.130. The van der Waals surface area contributed by atoms with Gasteiger partial charge in [-0.1, -0.05) is 12.1 Å². The molecule has 1 fully saturated rings. The van der Waals surface area contributed by atoms with E-state index in [0.29, 0.717) is 24.7 Å². The third kappa shape index (κ3) is 9.32. The van der Waals surface area contributed by atoms with Crippen LogP contribution in [-0.2, 0) is 11.2 Å². The number of hydrogen-bond donors (Lipinski definition) is 2. The fourth-order valence-electron chi connectivity index (χ4n) is 3.50. The smallest absolute Gasteiger partial charge is 0.253 e. The summed E-state index contributed by atoms with van der Waals surface area (Å²) in [6.07, 6.45) is 2.75. The molecule has 0 aromatic heterocycles. The molecule has 1 heterocycles. The topological polar surface area (TPSA) is 80.3 Å². The average Bonchev–Trinajstić information content (AvgIpc) is 2.74. The van der Waals surface area contributed by atoms with Crippen molar-refractivity contribution >= 4 is 41.8 Å². The van der Waals surface area contributed by atoms with Gasteiger partial charge >= 0.3 is 0 Å². The zero-order chi connectivity index (χ0) is 22.8. The first-order chi connectivity index (χ1) is 14.8. The second-order valence-electron chi connectivity index (χ2n) is 8.39. The Morgan fingerprint density at radius 1 is 1.12 bits per heavy atom. The Bertz CT molecular complexity index is 761. The number of rotatable bonds is 8. The van der Waals surface area contributed by atoms with Crippen LogP contribution in [0.1, 0.15) is 35.7 Å². The molecule has 0 atom stereocenters. The molecule has 8 nitrogen and oxygen atoms in total. The fraction of sp³-hybridized carbons (Fsp3) is 0.609. The predicted octanol–water partition coefficient (Wildman–Crippen LogP) is 1.66. The molecule has 1 aliphatic rings. The van der Waals surface area contributed by atoms with E-state index in [1.54, 1.807) is 38.0 Å². The van der Waals surface area contributed by atoms with Crippen LogP contribution in [0.5, 0.6) is 0 Å². The molecule has 9 heteroatoms. The summed E-state index contributed by atoms with van der Waals surface area (Å²) in [6.45, 7) is 5.80. The Morgan fingerprint density at radius 2 is 1.81 bits per heavy atom. The van der Waals surface area contributed by atoms with Crippen LogP contribution in [0.2, 0.25) is 0 Å². The maximum absolute atomic E-state index is 12.2. The van der Waals surface area contributed by atoms with E-state index in [4.69, 9.17) is 4.99 Å². The van der Waals surface area contributed by atoms with Crippen LogP contribution in [0.3, 0.4) is 0 Å². The molecule has 1 aromatic rings. The first kappa shape index (κ1) is 28.2. The molecule has 32 heavy (non-hydrogen) atoms. The van der Waals surface area contributed by atoms with Crippen LogP contribution >= 0.6 is 24.0 Å². The van der Waals surface area contributed by atoms with Crippen LogP contribution < -0.4 is 10.6 Å². The molecule has 2 amide bonds. The zero-order valence-corrected chi connectivity index (χ0v) is 22.4. The third-order valence-corrected chi connectivity index (χ3v) is 5.38. The van der Waals surface area contributed by atoms with Crippen molar-refractivity contribution in [2.75, 3.05) is 60.9 Å². The number of hydrogen-bond acceptors (Lipinski definition) is 4. The lowest BCUT2D eigenvalue weighted by Gasteiger charge is -2.33. The molecule has 0 saturated carbocycles. The first-order valence-electron chi connectivity index (χ1n) is 11.1. The molecule has 0 unspecified atom stereocenters. The highest BCUT2D eigenvalue weighted by Crippen LogP contribution is 2.11. The number of nitrogens with zero attached hydrogens (tertiary/aromatic N) is 4. The monoisotopic (exact) mass is 558 g/mol. The van der Waals surface area contributed by atoms with Gasteiger partial charge in [0.1, 0.15) is 0 Å². The number of carbonyl (C=O) groups is 2. The predicted molar refractivity (Wildman–Crippen MR) is 141 cm³/mol. The van der Waals surface area contributed by atoms with Crippen molar-refractivity contribution in [2.45, 2.75) is 32.2 Å². The molecule has 0 aliphatic carbocycles. The van der Waals surface area contributed by atoms with E-state index in [-0.39, 0.29) is 35.8 Å². The molecule has 2 rings (SSSR count). The summed E-state index contributed by atoms with van der Waals surface area (Å²) in [6, 6.07) is 8.10. The molecule has 0 bridgehead atoms. The van der Waals surface area contributed by atoms with Gasteiger partial charge in [0.05, 0.1) is 6.54 Å². The van der Waals surface area contributed by atoms with Gasteiger partial charge in [0.25, 0.3) is 5.91 Å². The molecule has 0 spiro atoms. The number of nitrogens with one attached hydrogen (secondary N) is 2. The lowest BCUT2D eigenvalue weighted by Crippen LogP contribution is -2.50. The number of likely N-dealkylation sites (N-methyl/N-ethyl adjacent to an activating group) is 1. The van der Waals surface area contributed by atoms with Crippen molar-refractivity contribution in [3.63, 3.8) is 0 Å². The van der Waals surface area contributed by atoms with Gasteiger partial charge in [-0.2, -0.15) is 0 Å². The second-order valence-corrected chi connectivity index (χ2v) is 8.39. The van der Waals surface area contributed by atoms with Gasteiger partial charge in [-0.15, -0.1) is 24.0 Å². The SMILES string of the molecule is CCNC(=NCCc1cccc(C(=O)N(C)C)c1)NC1CCN(CC(=O)N(C)C)CC1.I. The van der Waals surface area contributed by atoms with E-state index in [1.807, 2.05) is 24.3 Å². The van der Waals surface area contributed by atoms with Crippen LogP contribution in [0.4, 0.5) is 0 Å². The zero-order valence-electron chi connectivity index (χ0n) is 20.1. The molecule has 1 saturated heterocycles. The maximum Gasteiger partial charge on any atom is 0.253 e. The number of carbonyl (C=O) groups excluding carboxylic acids is 2. The molecule has 1 aliphatic heterocycles. The highest BCUT2D eigenvalue weighted by molar-refractivity contribution is 14.0. The van der Waals surface area contributed by atoms with Gasteiger partial charge in [0.15, 0.2) is 5.96 Å². The molecule has 2 N–H and O–H groups in total. The van der Waals surface area contributed by atoms with Gasteiger partial charge in [0.2, 0.25) is 5.91 Å². The summed E-state index contributed by atoms with van der Waals surface area (Å²) < 4.78 is 0. The van der Waals surface area contributed by atoms with Gasteiger partial charge < -0.3 is 20.4 Å². The largest absolute Gasteiger partial charge is 0.357 e. The Balaban J connectivity index is 0.00000512. The van der Waals surface area contributed by atoms with Gasteiger partial charge in [0, 0.05) is 66.0 Å². The highest BCUT2D eigenvalue weighted by atomic mass is 127. The Hall–Kier alpha value is -1.88. The Morgan fingerprint density at radius 3 is 2.41 bits per heavy atom. The van der Waals surface area contributed by atoms with Crippen LogP contribution in [0.25, 0.3) is 0 Å². The van der Waals surface area contributed by atoms with Gasteiger partial charge in [-0.05, 0) is 43.9 Å². The molecule has 0 radical (unpaired) electrons. The number of aliphatic imine (C=N–C) groups is 1. The number of guanidine groups is 1. The molecular weight excluding hydrogens is 519 g/mol. The first-order valence-corrected chi connectivity index (χ1v) is 11.1.